The van der Waals surface area contributed by atoms with Crippen LogP contribution in [0.5, 0.6) is 0 Å². The maximum absolute atomic E-state index is 12.1. The SMILES string of the molecule is O=C(c1ccccc1)c1cc(Br)ncc1Cl. The Kier molecular flexibility index (Phi) is 3.36. The number of carbonyl (C=O) groups excluding carboxylic acids is 1. The van der Waals surface area contributed by atoms with Crippen molar-refractivity contribution in [1.82, 2.24) is 4.98 Å². The Hall–Kier alpha value is -1.19. The van der Waals surface area contributed by atoms with Crippen molar-refractivity contribution in [2.24, 2.45) is 0 Å². The Morgan fingerprint density at radius 1 is 1.25 bits per heavy atom. The van der Waals surface area contributed by atoms with Crippen LogP contribution in [0.25, 0.3) is 0 Å². The van der Waals surface area contributed by atoms with Crippen LogP contribution in [-0.2, 0) is 0 Å². The largest absolute Gasteiger partial charge is 0.289 e. The number of hydrogen-bond acceptors (Lipinski definition) is 2. The van der Waals surface area contributed by atoms with Gasteiger partial charge in [0.25, 0.3) is 0 Å². The van der Waals surface area contributed by atoms with Crippen molar-refractivity contribution in [2.75, 3.05) is 0 Å². The van der Waals surface area contributed by atoms with Crippen molar-refractivity contribution in [1.29, 1.82) is 0 Å². The van der Waals surface area contributed by atoms with Crippen molar-refractivity contribution in [3.05, 3.63) is 63.3 Å². The second-order valence-electron chi connectivity index (χ2n) is 3.18. The first-order chi connectivity index (χ1) is 7.68. The Bertz CT molecular complexity index is 528. The smallest absolute Gasteiger partial charge is 0.194 e. The fraction of sp³-hybridized carbons (Fsp3) is 0. The number of halogens is 2. The number of hydrogen-bond donors (Lipinski definition) is 0. The van der Waals surface area contributed by atoms with E-state index in [2.05, 4.69) is 20.9 Å². The van der Waals surface area contributed by atoms with E-state index in [4.69, 9.17) is 11.6 Å². The number of nitrogens with zero attached hydrogens (tertiary/aromatic N) is 1. The minimum absolute atomic E-state index is 0.103. The van der Waals surface area contributed by atoms with Gasteiger partial charge in [0.15, 0.2) is 5.78 Å². The van der Waals surface area contributed by atoms with E-state index in [0.717, 1.165) is 0 Å². The highest BCUT2D eigenvalue weighted by atomic mass is 79.9. The van der Waals surface area contributed by atoms with Crippen molar-refractivity contribution in [3.8, 4) is 0 Å². The molecule has 0 aliphatic carbocycles. The maximum atomic E-state index is 12.1. The molecule has 0 fully saturated rings. The third-order valence-corrected chi connectivity index (χ3v) is 2.84. The molecule has 0 bridgehead atoms. The molecule has 0 radical (unpaired) electrons. The summed E-state index contributed by atoms with van der Waals surface area (Å²) in [7, 11) is 0. The van der Waals surface area contributed by atoms with Crippen LogP contribution in [0.3, 0.4) is 0 Å². The van der Waals surface area contributed by atoms with Gasteiger partial charge in [-0.1, -0.05) is 41.9 Å². The lowest BCUT2D eigenvalue weighted by Crippen LogP contribution is -2.02. The molecule has 2 aromatic rings. The summed E-state index contributed by atoms with van der Waals surface area (Å²) in [5.41, 5.74) is 1.07. The van der Waals surface area contributed by atoms with Gasteiger partial charge in [0, 0.05) is 17.3 Å². The van der Waals surface area contributed by atoms with Gasteiger partial charge in [0.1, 0.15) is 4.60 Å². The van der Waals surface area contributed by atoms with Gasteiger partial charge >= 0.3 is 0 Å². The molecule has 1 aromatic carbocycles. The molecule has 80 valence electrons. The van der Waals surface area contributed by atoms with Gasteiger partial charge in [-0.05, 0) is 22.0 Å². The van der Waals surface area contributed by atoms with Crippen molar-refractivity contribution < 1.29 is 4.79 Å². The van der Waals surface area contributed by atoms with Crippen LogP contribution in [-0.4, -0.2) is 10.8 Å². The molecule has 0 aliphatic rings. The fourth-order valence-electron chi connectivity index (χ4n) is 1.33. The molecular weight excluding hydrogens is 289 g/mol. The van der Waals surface area contributed by atoms with Gasteiger partial charge < -0.3 is 0 Å². The summed E-state index contributed by atoms with van der Waals surface area (Å²) in [4.78, 5) is 16.0. The molecule has 0 saturated heterocycles. The number of pyridine rings is 1. The summed E-state index contributed by atoms with van der Waals surface area (Å²) >= 11 is 9.15. The first kappa shape index (κ1) is 11.3. The first-order valence-electron chi connectivity index (χ1n) is 4.59. The van der Waals surface area contributed by atoms with Gasteiger partial charge in [-0.2, -0.15) is 0 Å². The third kappa shape index (κ3) is 2.31. The van der Waals surface area contributed by atoms with E-state index in [0.29, 0.717) is 20.8 Å². The first-order valence-corrected chi connectivity index (χ1v) is 5.76. The predicted octanol–water partition coefficient (Wildman–Crippen LogP) is 3.73. The van der Waals surface area contributed by atoms with Crippen LogP contribution in [0.15, 0.2) is 47.2 Å². The molecule has 0 unspecified atom stereocenters. The maximum Gasteiger partial charge on any atom is 0.194 e. The van der Waals surface area contributed by atoms with E-state index in [1.165, 1.54) is 6.20 Å². The van der Waals surface area contributed by atoms with Crippen molar-refractivity contribution in [2.45, 2.75) is 0 Å². The number of rotatable bonds is 2. The van der Waals surface area contributed by atoms with Crippen molar-refractivity contribution >= 4 is 33.3 Å². The highest BCUT2D eigenvalue weighted by Crippen LogP contribution is 2.21. The third-order valence-electron chi connectivity index (χ3n) is 2.10. The number of aromatic nitrogens is 1. The average molecular weight is 297 g/mol. The number of ketones is 1. The van der Waals surface area contributed by atoms with Crippen LogP contribution >= 0.6 is 27.5 Å². The van der Waals surface area contributed by atoms with E-state index in [-0.39, 0.29) is 5.78 Å². The van der Waals surface area contributed by atoms with Crippen LogP contribution in [0.4, 0.5) is 0 Å². The quantitative estimate of drug-likeness (QED) is 0.624. The van der Waals surface area contributed by atoms with Crippen LogP contribution < -0.4 is 0 Å². The molecule has 0 N–H and O–H groups in total. The molecule has 0 saturated carbocycles. The minimum atomic E-state index is -0.103. The summed E-state index contributed by atoms with van der Waals surface area (Å²) in [6.07, 6.45) is 1.46. The zero-order chi connectivity index (χ0) is 11.5. The van der Waals surface area contributed by atoms with Gasteiger partial charge in [-0.3, -0.25) is 4.79 Å². The summed E-state index contributed by atoms with van der Waals surface area (Å²) in [5.74, 6) is -0.103. The molecule has 1 aromatic heterocycles. The lowest BCUT2D eigenvalue weighted by atomic mass is 10.0. The minimum Gasteiger partial charge on any atom is -0.289 e. The summed E-state index contributed by atoms with van der Waals surface area (Å²) in [6.45, 7) is 0. The van der Waals surface area contributed by atoms with Crippen LogP contribution in [0.2, 0.25) is 5.02 Å². The molecule has 2 nitrogen and oxygen atoms in total. The molecule has 0 amide bonds. The Morgan fingerprint density at radius 3 is 2.62 bits per heavy atom. The standard InChI is InChI=1S/C12H7BrClNO/c13-11-6-9(10(14)7-15-11)12(16)8-4-2-1-3-5-8/h1-7H. The zero-order valence-corrected chi connectivity index (χ0v) is 10.5. The Labute approximate surface area is 106 Å². The molecule has 1 heterocycles. The second kappa shape index (κ2) is 4.76. The number of carbonyl (C=O) groups is 1. The molecule has 0 aliphatic heterocycles. The van der Waals surface area contributed by atoms with E-state index in [1.807, 2.05) is 18.2 Å². The van der Waals surface area contributed by atoms with E-state index >= 15 is 0 Å². The molecule has 0 atom stereocenters. The monoisotopic (exact) mass is 295 g/mol. The summed E-state index contributed by atoms with van der Waals surface area (Å²) < 4.78 is 0.594. The molecule has 2 rings (SSSR count). The Morgan fingerprint density at radius 2 is 1.94 bits per heavy atom. The average Bonchev–Trinajstić information content (AvgIpc) is 2.32. The molecule has 16 heavy (non-hydrogen) atoms. The summed E-state index contributed by atoms with van der Waals surface area (Å²) in [5, 5.41) is 0.358. The van der Waals surface area contributed by atoms with Crippen LogP contribution in [0, 0.1) is 0 Å². The zero-order valence-electron chi connectivity index (χ0n) is 8.15. The molecule has 0 spiro atoms. The van der Waals surface area contributed by atoms with Gasteiger partial charge in [0.05, 0.1) is 5.02 Å². The lowest BCUT2D eigenvalue weighted by molar-refractivity contribution is 0.103. The normalized spacial score (nSPS) is 10.1. The van der Waals surface area contributed by atoms with Crippen molar-refractivity contribution in [3.63, 3.8) is 0 Å². The molecular formula is C12H7BrClNO. The lowest BCUT2D eigenvalue weighted by Gasteiger charge is -2.03. The Balaban J connectivity index is 2.46. The van der Waals surface area contributed by atoms with Gasteiger partial charge in [-0.15, -0.1) is 0 Å². The summed E-state index contributed by atoms with van der Waals surface area (Å²) in [6, 6.07) is 10.6. The predicted molar refractivity (Wildman–Crippen MR) is 66.8 cm³/mol. The number of benzene rings is 1. The van der Waals surface area contributed by atoms with Crippen LogP contribution in [0.1, 0.15) is 15.9 Å². The van der Waals surface area contributed by atoms with Gasteiger partial charge in [-0.25, -0.2) is 4.98 Å². The van der Waals surface area contributed by atoms with E-state index in [9.17, 15) is 4.79 Å². The topological polar surface area (TPSA) is 30.0 Å². The van der Waals surface area contributed by atoms with E-state index < -0.39 is 0 Å². The second-order valence-corrected chi connectivity index (χ2v) is 4.40. The van der Waals surface area contributed by atoms with E-state index in [1.54, 1.807) is 18.2 Å². The molecule has 4 heteroatoms. The highest BCUT2D eigenvalue weighted by Gasteiger charge is 2.13. The fourth-order valence-corrected chi connectivity index (χ4v) is 1.85. The van der Waals surface area contributed by atoms with Gasteiger partial charge in [0.2, 0.25) is 0 Å². The highest BCUT2D eigenvalue weighted by molar-refractivity contribution is 9.10.